The van der Waals surface area contributed by atoms with Crippen LogP contribution in [0.2, 0.25) is 0 Å². The predicted molar refractivity (Wildman–Crippen MR) is 84.4 cm³/mol. The number of hydrogen-bond acceptors (Lipinski definition) is 3. The second kappa shape index (κ2) is 8.22. The summed E-state index contributed by atoms with van der Waals surface area (Å²) in [7, 11) is 0. The fraction of sp³-hybridized carbons (Fsp3) is 0.867. The van der Waals surface area contributed by atoms with E-state index in [1.807, 2.05) is 0 Å². The third kappa shape index (κ3) is 7.32. The summed E-state index contributed by atoms with van der Waals surface area (Å²) in [6.45, 7) is 15.0. The minimum Gasteiger partial charge on any atom is -0.480 e. The first-order valence-corrected chi connectivity index (χ1v) is 7.49. The number of carboxylic acids is 1. The molecule has 6 nitrogen and oxygen atoms in total. The highest BCUT2D eigenvalue weighted by molar-refractivity contribution is 5.83. The van der Waals surface area contributed by atoms with Gasteiger partial charge in [0.15, 0.2) is 0 Å². The number of carbonyl (C=O) groups is 2. The molecule has 0 aromatic carbocycles. The molecule has 0 aromatic heterocycles. The van der Waals surface area contributed by atoms with Gasteiger partial charge in [-0.15, -0.1) is 0 Å². The number of hydrogen-bond donors (Lipinski definition) is 3. The first-order valence-electron chi connectivity index (χ1n) is 7.49. The normalized spacial score (nSPS) is 13.6. The van der Waals surface area contributed by atoms with E-state index in [0.717, 1.165) is 6.54 Å². The Hall–Kier alpha value is -1.30. The van der Waals surface area contributed by atoms with Crippen LogP contribution in [-0.2, 0) is 4.79 Å². The van der Waals surface area contributed by atoms with Crippen LogP contribution >= 0.6 is 0 Å². The molecule has 3 N–H and O–H groups in total. The molecule has 0 spiro atoms. The zero-order valence-corrected chi connectivity index (χ0v) is 14.4. The van der Waals surface area contributed by atoms with Crippen molar-refractivity contribution in [3.63, 3.8) is 0 Å². The van der Waals surface area contributed by atoms with Gasteiger partial charge in [-0.3, -0.25) is 4.90 Å². The number of aliphatic carboxylic acids is 1. The van der Waals surface area contributed by atoms with Gasteiger partial charge >= 0.3 is 12.0 Å². The smallest absolute Gasteiger partial charge is 0.326 e. The van der Waals surface area contributed by atoms with Crippen LogP contribution in [0.4, 0.5) is 4.79 Å². The Morgan fingerprint density at radius 1 is 1.10 bits per heavy atom. The van der Waals surface area contributed by atoms with Crippen molar-refractivity contribution in [2.45, 2.75) is 66.6 Å². The van der Waals surface area contributed by atoms with Gasteiger partial charge in [-0.25, -0.2) is 9.59 Å². The van der Waals surface area contributed by atoms with E-state index in [9.17, 15) is 9.59 Å². The maximum absolute atomic E-state index is 11.8. The summed E-state index contributed by atoms with van der Waals surface area (Å²) in [6, 6.07) is -0.555. The van der Waals surface area contributed by atoms with Crippen LogP contribution in [0.15, 0.2) is 0 Å². The molecule has 0 aliphatic heterocycles. The molecule has 0 aliphatic rings. The van der Waals surface area contributed by atoms with E-state index in [2.05, 4.69) is 43.2 Å². The molecule has 1 atom stereocenters. The molecule has 0 radical (unpaired) electrons. The van der Waals surface area contributed by atoms with E-state index in [-0.39, 0.29) is 0 Å². The lowest BCUT2D eigenvalue weighted by Gasteiger charge is -2.31. The van der Waals surface area contributed by atoms with Gasteiger partial charge in [0.2, 0.25) is 0 Å². The summed E-state index contributed by atoms with van der Waals surface area (Å²) >= 11 is 0. The lowest BCUT2D eigenvalue weighted by Crippen LogP contribution is -2.53. The molecule has 0 heterocycles. The van der Waals surface area contributed by atoms with Crippen molar-refractivity contribution < 1.29 is 14.7 Å². The second-order valence-electron chi connectivity index (χ2n) is 6.96. The van der Waals surface area contributed by atoms with Crippen LogP contribution < -0.4 is 10.6 Å². The Morgan fingerprint density at radius 2 is 1.57 bits per heavy atom. The molecule has 0 aliphatic carbocycles. The van der Waals surface area contributed by atoms with Crippen molar-refractivity contribution in [3.8, 4) is 0 Å². The third-order valence-electron chi connectivity index (χ3n) is 3.37. The van der Waals surface area contributed by atoms with Crippen LogP contribution in [0, 0.1) is 5.41 Å². The van der Waals surface area contributed by atoms with E-state index < -0.39 is 23.5 Å². The fourth-order valence-electron chi connectivity index (χ4n) is 2.24. The minimum atomic E-state index is -1.02. The second-order valence-corrected chi connectivity index (χ2v) is 6.96. The van der Waals surface area contributed by atoms with E-state index >= 15 is 0 Å². The van der Waals surface area contributed by atoms with Gasteiger partial charge in [0.1, 0.15) is 6.04 Å². The Bertz CT molecular complexity index is 341. The van der Waals surface area contributed by atoms with Crippen LogP contribution in [0.1, 0.15) is 48.5 Å². The summed E-state index contributed by atoms with van der Waals surface area (Å²) in [5.41, 5.74) is -0.537. The van der Waals surface area contributed by atoms with Crippen LogP contribution in [0.3, 0.4) is 0 Å². The molecule has 0 fully saturated rings. The highest BCUT2D eigenvalue weighted by atomic mass is 16.4. The topological polar surface area (TPSA) is 81.7 Å². The summed E-state index contributed by atoms with van der Waals surface area (Å²) in [5, 5.41) is 14.4. The molecule has 0 saturated carbocycles. The maximum Gasteiger partial charge on any atom is 0.326 e. The average Bonchev–Trinajstić information content (AvgIpc) is 2.28. The lowest BCUT2D eigenvalue weighted by atomic mass is 9.87. The van der Waals surface area contributed by atoms with Crippen LogP contribution in [0.25, 0.3) is 0 Å². The van der Waals surface area contributed by atoms with E-state index in [1.165, 1.54) is 0 Å². The zero-order chi connectivity index (χ0) is 16.8. The number of amides is 2. The zero-order valence-electron chi connectivity index (χ0n) is 14.4. The number of carboxylic acid groups (broad SMARTS) is 1. The summed E-state index contributed by atoms with van der Waals surface area (Å²) in [6.07, 6.45) is 0. The van der Waals surface area contributed by atoms with Gasteiger partial charge in [0, 0.05) is 25.2 Å². The molecule has 2 amide bonds. The number of urea groups is 1. The summed E-state index contributed by atoms with van der Waals surface area (Å²) < 4.78 is 0. The van der Waals surface area contributed by atoms with Crippen molar-refractivity contribution >= 4 is 12.0 Å². The fourth-order valence-corrected chi connectivity index (χ4v) is 2.24. The standard InChI is InChI=1S/C15H31N3O3/c1-10(2)18(11(3)4)9-8-16-14(21)17-12(13(19)20)15(5,6)7/h10-12H,8-9H2,1-7H3,(H,19,20)(H2,16,17,21)/t12-/m1/s1. The van der Waals surface area contributed by atoms with Crippen molar-refractivity contribution in [1.82, 2.24) is 15.5 Å². The molecule has 0 unspecified atom stereocenters. The quantitative estimate of drug-likeness (QED) is 0.671. The highest BCUT2D eigenvalue weighted by Crippen LogP contribution is 2.19. The Balaban J connectivity index is 4.35. The minimum absolute atomic E-state index is 0.399. The van der Waals surface area contributed by atoms with Crippen molar-refractivity contribution in [1.29, 1.82) is 0 Å². The lowest BCUT2D eigenvalue weighted by molar-refractivity contribution is -0.141. The van der Waals surface area contributed by atoms with Crippen LogP contribution in [0.5, 0.6) is 0 Å². The van der Waals surface area contributed by atoms with Gasteiger partial charge in [-0.2, -0.15) is 0 Å². The van der Waals surface area contributed by atoms with Gasteiger partial charge in [-0.05, 0) is 33.1 Å². The Morgan fingerprint density at radius 3 is 1.90 bits per heavy atom. The maximum atomic E-state index is 11.8. The highest BCUT2D eigenvalue weighted by Gasteiger charge is 2.32. The van der Waals surface area contributed by atoms with Gasteiger partial charge in [0.25, 0.3) is 0 Å². The summed E-state index contributed by atoms with van der Waals surface area (Å²) in [5.74, 6) is -1.02. The first-order chi connectivity index (χ1) is 9.46. The molecular weight excluding hydrogens is 270 g/mol. The predicted octanol–water partition coefficient (Wildman–Crippen LogP) is 1.90. The van der Waals surface area contributed by atoms with Crippen molar-refractivity contribution in [2.75, 3.05) is 13.1 Å². The van der Waals surface area contributed by atoms with E-state index in [4.69, 9.17) is 5.11 Å². The molecule has 0 aromatic rings. The van der Waals surface area contributed by atoms with E-state index in [0.29, 0.717) is 18.6 Å². The molecule has 0 rings (SSSR count). The number of nitrogens with zero attached hydrogens (tertiary/aromatic N) is 1. The molecule has 6 heteroatoms. The van der Waals surface area contributed by atoms with Crippen LogP contribution in [-0.4, -0.2) is 53.2 Å². The van der Waals surface area contributed by atoms with Crippen molar-refractivity contribution in [2.24, 2.45) is 5.41 Å². The van der Waals surface area contributed by atoms with Gasteiger partial charge in [0.05, 0.1) is 0 Å². The average molecular weight is 301 g/mol. The summed E-state index contributed by atoms with van der Waals surface area (Å²) in [4.78, 5) is 25.3. The SMILES string of the molecule is CC(C)N(CCNC(=O)N[C@H](C(=O)O)C(C)(C)C)C(C)C. The van der Waals surface area contributed by atoms with E-state index in [1.54, 1.807) is 20.8 Å². The van der Waals surface area contributed by atoms with Crippen molar-refractivity contribution in [3.05, 3.63) is 0 Å². The molecular formula is C15H31N3O3. The third-order valence-corrected chi connectivity index (χ3v) is 3.37. The number of nitrogens with one attached hydrogen (secondary N) is 2. The Labute approximate surface area is 128 Å². The monoisotopic (exact) mass is 301 g/mol. The molecule has 0 saturated heterocycles. The van der Waals surface area contributed by atoms with Gasteiger partial charge in [-0.1, -0.05) is 20.8 Å². The molecule has 0 bridgehead atoms. The number of carbonyl (C=O) groups excluding carboxylic acids is 1. The van der Waals surface area contributed by atoms with Gasteiger partial charge < -0.3 is 15.7 Å². The molecule has 21 heavy (non-hydrogen) atoms. The number of rotatable bonds is 7. The largest absolute Gasteiger partial charge is 0.480 e. The first kappa shape index (κ1) is 19.7. The molecule has 124 valence electrons. The Kier molecular flexibility index (Phi) is 7.71.